The first-order valence-electron chi connectivity index (χ1n) is 9.58. The van der Waals surface area contributed by atoms with Crippen LogP contribution in [0.5, 0.6) is 0 Å². The lowest BCUT2D eigenvalue weighted by molar-refractivity contribution is -0.137. The molecule has 9 nitrogen and oxygen atoms in total. The lowest BCUT2D eigenvalue weighted by Gasteiger charge is -2.27. The molecule has 0 spiro atoms. The van der Waals surface area contributed by atoms with Crippen LogP contribution in [0.3, 0.4) is 0 Å². The maximum Gasteiger partial charge on any atom is 0.305 e. The number of aromatic nitrogens is 3. The molecule has 1 aromatic carbocycles. The van der Waals surface area contributed by atoms with Crippen molar-refractivity contribution in [3.8, 4) is 5.69 Å². The standard InChI is InChI=1S/C20H19Cl2N5O4/c21-12-2-1-11-13(26-8-6-23-10-26)9-15(25-18(11)17(12)22)27-7-4-14(28)19(27)20(31)24-5-3-16(29)30/h1-2,6,8-10,14,19,28H,3-5,7H2,(H,24,31)(H,29,30)/t14-,19-/m0/s1. The first-order valence-corrected chi connectivity index (χ1v) is 10.3. The Hall–Kier alpha value is -2.88. The van der Waals surface area contributed by atoms with Crippen molar-refractivity contribution >= 4 is 51.8 Å². The summed E-state index contributed by atoms with van der Waals surface area (Å²) in [6.45, 7) is 0.357. The molecule has 1 saturated heterocycles. The minimum Gasteiger partial charge on any atom is -0.481 e. The van der Waals surface area contributed by atoms with Crippen LogP contribution in [-0.2, 0) is 9.59 Å². The number of imidazole rings is 1. The number of carbonyl (C=O) groups is 2. The predicted molar refractivity (Wildman–Crippen MR) is 116 cm³/mol. The number of aliphatic carboxylic acids is 1. The summed E-state index contributed by atoms with van der Waals surface area (Å²) in [7, 11) is 0. The van der Waals surface area contributed by atoms with Gasteiger partial charge in [-0.2, -0.15) is 0 Å². The van der Waals surface area contributed by atoms with Crippen molar-refractivity contribution in [1.29, 1.82) is 0 Å². The number of fused-ring (bicyclic) bond motifs is 1. The Kier molecular flexibility index (Phi) is 5.99. The number of hydrogen-bond donors (Lipinski definition) is 3. The smallest absolute Gasteiger partial charge is 0.305 e. The van der Waals surface area contributed by atoms with Crippen molar-refractivity contribution in [2.45, 2.75) is 25.0 Å². The van der Waals surface area contributed by atoms with Gasteiger partial charge < -0.3 is 25.0 Å². The maximum absolute atomic E-state index is 12.7. The molecule has 2 atom stereocenters. The minimum atomic E-state index is -1.02. The number of carboxylic acids is 1. The minimum absolute atomic E-state index is 0.0297. The monoisotopic (exact) mass is 463 g/mol. The molecule has 0 unspecified atom stereocenters. The van der Waals surface area contributed by atoms with Crippen molar-refractivity contribution in [2.75, 3.05) is 18.0 Å². The van der Waals surface area contributed by atoms with E-state index in [2.05, 4.69) is 15.3 Å². The van der Waals surface area contributed by atoms with Gasteiger partial charge in [0.2, 0.25) is 5.91 Å². The lowest BCUT2D eigenvalue weighted by Crippen LogP contribution is -2.48. The summed E-state index contributed by atoms with van der Waals surface area (Å²) >= 11 is 12.6. The van der Waals surface area contributed by atoms with Crippen LogP contribution in [0, 0.1) is 0 Å². The highest BCUT2D eigenvalue weighted by molar-refractivity contribution is 6.45. The highest BCUT2D eigenvalue weighted by atomic mass is 35.5. The Labute approximate surface area is 187 Å². The molecule has 0 saturated carbocycles. The van der Waals surface area contributed by atoms with Gasteiger partial charge in [-0.1, -0.05) is 23.2 Å². The number of nitrogens with one attached hydrogen (secondary N) is 1. The fraction of sp³-hybridized carbons (Fsp3) is 0.300. The summed E-state index contributed by atoms with van der Waals surface area (Å²) in [6, 6.07) is 4.38. The van der Waals surface area contributed by atoms with E-state index in [0.717, 1.165) is 11.1 Å². The van der Waals surface area contributed by atoms with E-state index in [4.69, 9.17) is 28.3 Å². The SMILES string of the molecule is O=C(O)CCNC(=O)[C@@H]1[C@@H](O)CCN1c1cc(-n2ccnc2)c2ccc(Cl)c(Cl)c2n1. The third kappa shape index (κ3) is 4.16. The van der Waals surface area contributed by atoms with Gasteiger partial charge in [0, 0.05) is 36.9 Å². The van der Waals surface area contributed by atoms with Crippen molar-refractivity contribution in [3.05, 3.63) is 47.0 Å². The molecule has 3 heterocycles. The average Bonchev–Trinajstić information content (AvgIpc) is 3.39. The molecule has 31 heavy (non-hydrogen) atoms. The first kappa shape index (κ1) is 21.4. The molecule has 3 N–H and O–H groups in total. The van der Waals surface area contributed by atoms with Crippen LogP contribution < -0.4 is 10.2 Å². The van der Waals surface area contributed by atoms with E-state index < -0.39 is 24.0 Å². The van der Waals surface area contributed by atoms with Gasteiger partial charge in [0.25, 0.3) is 0 Å². The highest BCUT2D eigenvalue weighted by Gasteiger charge is 2.39. The maximum atomic E-state index is 12.7. The zero-order valence-electron chi connectivity index (χ0n) is 16.2. The molecule has 0 radical (unpaired) electrons. The van der Waals surface area contributed by atoms with Gasteiger partial charge in [0.15, 0.2) is 0 Å². The summed E-state index contributed by atoms with van der Waals surface area (Å²) in [6.07, 6.45) is 4.28. The molecule has 3 aromatic rings. The Morgan fingerprint density at radius 3 is 2.81 bits per heavy atom. The largest absolute Gasteiger partial charge is 0.481 e. The van der Waals surface area contributed by atoms with E-state index in [1.807, 2.05) is 6.07 Å². The molecule has 1 fully saturated rings. The zero-order chi connectivity index (χ0) is 22.1. The van der Waals surface area contributed by atoms with Gasteiger partial charge in [-0.25, -0.2) is 9.97 Å². The summed E-state index contributed by atoms with van der Waals surface area (Å²) < 4.78 is 1.80. The van der Waals surface area contributed by atoms with Gasteiger partial charge in [-0.15, -0.1) is 0 Å². The number of halogens is 2. The molecule has 0 aliphatic carbocycles. The summed E-state index contributed by atoms with van der Waals surface area (Å²) in [5.41, 5.74) is 1.20. The second kappa shape index (κ2) is 8.70. The summed E-state index contributed by atoms with van der Waals surface area (Å²) in [4.78, 5) is 33.9. The van der Waals surface area contributed by atoms with Crippen LogP contribution in [0.1, 0.15) is 12.8 Å². The average molecular weight is 464 g/mol. The number of nitrogens with zero attached hydrogens (tertiary/aromatic N) is 4. The summed E-state index contributed by atoms with van der Waals surface area (Å²) in [5, 5.41) is 23.2. The molecule has 4 rings (SSSR count). The second-order valence-corrected chi connectivity index (χ2v) is 7.94. The van der Waals surface area contributed by atoms with Gasteiger partial charge in [0.1, 0.15) is 11.9 Å². The number of carboxylic acid groups (broad SMARTS) is 1. The van der Waals surface area contributed by atoms with Crippen LogP contribution >= 0.6 is 23.2 Å². The van der Waals surface area contributed by atoms with E-state index in [0.29, 0.717) is 29.3 Å². The number of pyridine rings is 1. The van der Waals surface area contributed by atoms with Gasteiger partial charge in [-0.05, 0) is 18.6 Å². The number of rotatable bonds is 6. The number of benzene rings is 1. The van der Waals surface area contributed by atoms with Gasteiger partial charge >= 0.3 is 5.97 Å². The molecule has 11 heteroatoms. The van der Waals surface area contributed by atoms with E-state index >= 15 is 0 Å². The van der Waals surface area contributed by atoms with Gasteiger partial charge in [-0.3, -0.25) is 9.59 Å². The van der Waals surface area contributed by atoms with Gasteiger partial charge in [0.05, 0.1) is 40.1 Å². The zero-order valence-corrected chi connectivity index (χ0v) is 17.7. The molecule has 1 amide bonds. The van der Waals surface area contributed by atoms with E-state index in [9.17, 15) is 14.7 Å². The van der Waals surface area contributed by atoms with Crippen molar-refractivity contribution in [1.82, 2.24) is 19.9 Å². The first-order chi connectivity index (χ1) is 14.9. The summed E-state index contributed by atoms with van der Waals surface area (Å²) in [5.74, 6) is -1.04. The highest BCUT2D eigenvalue weighted by Crippen LogP contribution is 2.36. The topological polar surface area (TPSA) is 121 Å². The quantitative estimate of drug-likeness (QED) is 0.512. The number of hydrogen-bond acceptors (Lipinski definition) is 6. The molecule has 2 aromatic heterocycles. The van der Waals surface area contributed by atoms with Crippen molar-refractivity contribution in [2.24, 2.45) is 0 Å². The number of carbonyl (C=O) groups excluding carboxylic acids is 1. The number of aliphatic hydroxyl groups is 1. The van der Waals surface area contributed by atoms with E-state index in [-0.39, 0.29) is 18.0 Å². The number of aliphatic hydroxyl groups excluding tert-OH is 1. The Balaban J connectivity index is 1.76. The third-order valence-electron chi connectivity index (χ3n) is 5.19. The fourth-order valence-electron chi connectivity index (χ4n) is 3.71. The molecule has 1 aliphatic heterocycles. The molecule has 0 bridgehead atoms. The Morgan fingerprint density at radius 1 is 1.29 bits per heavy atom. The second-order valence-electron chi connectivity index (χ2n) is 7.16. The fourth-order valence-corrected chi connectivity index (χ4v) is 4.07. The Morgan fingerprint density at radius 2 is 2.10 bits per heavy atom. The molecular formula is C20H19Cl2N5O4. The van der Waals surface area contributed by atoms with Crippen LogP contribution in [0.25, 0.3) is 16.6 Å². The Bertz CT molecular complexity index is 1140. The molecule has 1 aliphatic rings. The normalized spacial score (nSPS) is 18.5. The van der Waals surface area contributed by atoms with Crippen molar-refractivity contribution in [3.63, 3.8) is 0 Å². The van der Waals surface area contributed by atoms with Crippen LogP contribution in [0.2, 0.25) is 10.0 Å². The molecule has 162 valence electrons. The van der Waals surface area contributed by atoms with Crippen molar-refractivity contribution < 1.29 is 19.8 Å². The van der Waals surface area contributed by atoms with Crippen LogP contribution in [-0.4, -0.2) is 61.9 Å². The van der Waals surface area contributed by atoms with E-state index in [1.165, 1.54) is 0 Å². The van der Waals surface area contributed by atoms with Crippen LogP contribution in [0.4, 0.5) is 5.82 Å². The predicted octanol–water partition coefficient (Wildman–Crippen LogP) is 2.26. The van der Waals surface area contributed by atoms with E-state index in [1.54, 1.807) is 40.3 Å². The molecular weight excluding hydrogens is 445 g/mol. The van der Waals surface area contributed by atoms with Crippen LogP contribution in [0.15, 0.2) is 36.9 Å². The number of amides is 1. The third-order valence-corrected chi connectivity index (χ3v) is 5.98. The number of anilines is 1. The lowest BCUT2D eigenvalue weighted by atomic mass is 10.1.